The molecular formula is C12H11ClFN. The summed E-state index contributed by atoms with van der Waals surface area (Å²) in [5.41, 5.74) is 2.20. The van der Waals surface area contributed by atoms with Crippen molar-refractivity contribution in [2.24, 2.45) is 0 Å². The van der Waals surface area contributed by atoms with Crippen molar-refractivity contribution in [3.63, 3.8) is 0 Å². The van der Waals surface area contributed by atoms with Gasteiger partial charge in [-0.15, -0.1) is 0 Å². The molecule has 3 heteroatoms. The second kappa shape index (κ2) is 3.78. The highest BCUT2D eigenvalue weighted by molar-refractivity contribution is 6.30. The number of pyridine rings is 1. The Morgan fingerprint density at radius 1 is 1.40 bits per heavy atom. The summed E-state index contributed by atoms with van der Waals surface area (Å²) in [4.78, 5) is 4.23. The van der Waals surface area contributed by atoms with Gasteiger partial charge in [-0.05, 0) is 37.1 Å². The predicted molar refractivity (Wildman–Crippen MR) is 60.8 cm³/mol. The number of hydrogen-bond donors (Lipinski definition) is 0. The first-order valence-electron chi connectivity index (χ1n) is 4.87. The van der Waals surface area contributed by atoms with E-state index in [0.717, 1.165) is 17.4 Å². The first kappa shape index (κ1) is 10.4. The highest BCUT2D eigenvalue weighted by Crippen LogP contribution is 2.24. The molecule has 0 aliphatic carbocycles. The van der Waals surface area contributed by atoms with E-state index in [-0.39, 0.29) is 5.82 Å². The summed E-state index contributed by atoms with van der Waals surface area (Å²) in [6.45, 7) is 3.73. The van der Waals surface area contributed by atoms with Gasteiger partial charge in [0.1, 0.15) is 11.0 Å². The van der Waals surface area contributed by atoms with Crippen LogP contribution in [0, 0.1) is 12.7 Å². The molecule has 0 fully saturated rings. The number of aryl methyl sites for hydroxylation is 2. The standard InChI is InChI=1S/C12H11ClFN/c1-3-8-6-9-4-5-10(14)7(2)11(9)15-12(8)13/h4-6H,3H2,1-2H3. The Balaban J connectivity index is 2.81. The summed E-state index contributed by atoms with van der Waals surface area (Å²) in [7, 11) is 0. The minimum atomic E-state index is -0.240. The van der Waals surface area contributed by atoms with E-state index in [1.807, 2.05) is 13.0 Å². The van der Waals surface area contributed by atoms with Crippen LogP contribution in [0.5, 0.6) is 0 Å². The van der Waals surface area contributed by atoms with Gasteiger partial charge in [0.25, 0.3) is 0 Å². The van der Waals surface area contributed by atoms with Crippen LogP contribution in [-0.4, -0.2) is 4.98 Å². The number of nitrogens with zero attached hydrogens (tertiary/aromatic N) is 1. The SMILES string of the molecule is CCc1cc2ccc(F)c(C)c2nc1Cl. The van der Waals surface area contributed by atoms with Crippen LogP contribution in [0.25, 0.3) is 10.9 Å². The van der Waals surface area contributed by atoms with E-state index in [9.17, 15) is 4.39 Å². The molecule has 0 N–H and O–H groups in total. The number of benzene rings is 1. The first-order valence-corrected chi connectivity index (χ1v) is 5.25. The highest BCUT2D eigenvalue weighted by Gasteiger charge is 2.08. The molecule has 0 radical (unpaired) electrons. The topological polar surface area (TPSA) is 12.9 Å². The van der Waals surface area contributed by atoms with E-state index in [2.05, 4.69) is 4.98 Å². The maximum Gasteiger partial charge on any atom is 0.132 e. The molecule has 0 spiro atoms. The van der Waals surface area contributed by atoms with E-state index in [4.69, 9.17) is 11.6 Å². The van der Waals surface area contributed by atoms with Crippen LogP contribution in [0.1, 0.15) is 18.1 Å². The molecule has 15 heavy (non-hydrogen) atoms. The summed E-state index contributed by atoms with van der Waals surface area (Å²) in [5, 5.41) is 1.41. The van der Waals surface area contributed by atoms with Gasteiger partial charge in [-0.1, -0.05) is 18.5 Å². The van der Waals surface area contributed by atoms with Gasteiger partial charge >= 0.3 is 0 Å². The molecule has 0 saturated carbocycles. The maximum atomic E-state index is 13.3. The summed E-state index contributed by atoms with van der Waals surface area (Å²) in [6, 6.07) is 5.17. The lowest BCUT2D eigenvalue weighted by Crippen LogP contribution is -1.92. The van der Waals surface area contributed by atoms with E-state index in [1.165, 1.54) is 6.07 Å². The van der Waals surface area contributed by atoms with Gasteiger partial charge in [0.15, 0.2) is 0 Å². The number of fused-ring (bicyclic) bond motifs is 1. The Kier molecular flexibility index (Phi) is 2.61. The van der Waals surface area contributed by atoms with Gasteiger partial charge in [-0.25, -0.2) is 9.37 Å². The second-order valence-electron chi connectivity index (χ2n) is 3.54. The van der Waals surface area contributed by atoms with Crippen LogP contribution in [0.2, 0.25) is 5.15 Å². The Hall–Kier alpha value is -1.15. The number of halogens is 2. The lowest BCUT2D eigenvalue weighted by atomic mass is 10.1. The van der Waals surface area contributed by atoms with Crippen molar-refractivity contribution in [2.45, 2.75) is 20.3 Å². The Bertz CT molecular complexity index is 523. The highest BCUT2D eigenvalue weighted by atomic mass is 35.5. The van der Waals surface area contributed by atoms with Crippen LogP contribution in [0.15, 0.2) is 18.2 Å². The molecule has 0 aliphatic heterocycles. The van der Waals surface area contributed by atoms with E-state index < -0.39 is 0 Å². The van der Waals surface area contributed by atoms with Crippen LogP contribution < -0.4 is 0 Å². The van der Waals surface area contributed by atoms with Crippen LogP contribution >= 0.6 is 11.6 Å². The van der Waals surface area contributed by atoms with Crippen molar-refractivity contribution >= 4 is 22.5 Å². The third-order valence-electron chi connectivity index (χ3n) is 2.58. The fourth-order valence-corrected chi connectivity index (χ4v) is 1.90. The fraction of sp³-hybridized carbons (Fsp3) is 0.250. The molecule has 0 unspecified atom stereocenters. The summed E-state index contributed by atoms with van der Waals surface area (Å²) < 4.78 is 13.3. The van der Waals surface area contributed by atoms with Crippen LogP contribution in [-0.2, 0) is 6.42 Å². The molecule has 0 aliphatic rings. The molecule has 0 atom stereocenters. The van der Waals surface area contributed by atoms with Crippen molar-refractivity contribution < 1.29 is 4.39 Å². The minimum Gasteiger partial charge on any atom is -0.235 e. The second-order valence-corrected chi connectivity index (χ2v) is 3.89. The fourth-order valence-electron chi connectivity index (χ4n) is 1.63. The van der Waals surface area contributed by atoms with Crippen molar-refractivity contribution in [1.29, 1.82) is 0 Å². The summed E-state index contributed by atoms with van der Waals surface area (Å²) in [6.07, 6.45) is 0.832. The van der Waals surface area contributed by atoms with Gasteiger partial charge in [0.2, 0.25) is 0 Å². The van der Waals surface area contributed by atoms with E-state index >= 15 is 0 Å². The molecule has 2 aromatic rings. The lowest BCUT2D eigenvalue weighted by molar-refractivity contribution is 0.620. The third kappa shape index (κ3) is 1.70. The molecule has 0 saturated heterocycles. The molecule has 1 nitrogen and oxygen atoms in total. The molecule has 78 valence electrons. The molecule has 1 aromatic heterocycles. The van der Waals surface area contributed by atoms with Gasteiger partial charge in [-0.2, -0.15) is 0 Å². The largest absolute Gasteiger partial charge is 0.235 e. The van der Waals surface area contributed by atoms with E-state index in [1.54, 1.807) is 13.0 Å². The number of rotatable bonds is 1. The quantitative estimate of drug-likeness (QED) is 0.669. The first-order chi connectivity index (χ1) is 7.13. The Morgan fingerprint density at radius 3 is 2.80 bits per heavy atom. The molecule has 0 amide bonds. The average molecular weight is 224 g/mol. The van der Waals surface area contributed by atoms with Crippen molar-refractivity contribution in [2.75, 3.05) is 0 Å². The Morgan fingerprint density at radius 2 is 2.13 bits per heavy atom. The molecule has 1 heterocycles. The summed E-state index contributed by atoms with van der Waals surface area (Å²) >= 11 is 5.99. The molecule has 2 rings (SSSR count). The maximum absolute atomic E-state index is 13.3. The van der Waals surface area contributed by atoms with Gasteiger partial charge in [0.05, 0.1) is 5.52 Å². The lowest BCUT2D eigenvalue weighted by Gasteiger charge is -2.06. The zero-order valence-electron chi connectivity index (χ0n) is 8.64. The van der Waals surface area contributed by atoms with Gasteiger partial charge in [-0.3, -0.25) is 0 Å². The third-order valence-corrected chi connectivity index (χ3v) is 2.91. The Labute approximate surface area is 92.9 Å². The van der Waals surface area contributed by atoms with Crippen molar-refractivity contribution in [3.05, 3.63) is 40.3 Å². The smallest absolute Gasteiger partial charge is 0.132 e. The van der Waals surface area contributed by atoms with Gasteiger partial charge < -0.3 is 0 Å². The summed E-state index contributed by atoms with van der Waals surface area (Å²) in [5.74, 6) is -0.240. The number of aromatic nitrogens is 1. The van der Waals surface area contributed by atoms with Crippen molar-refractivity contribution in [3.8, 4) is 0 Å². The van der Waals surface area contributed by atoms with Crippen LogP contribution in [0.3, 0.4) is 0 Å². The van der Waals surface area contributed by atoms with Crippen LogP contribution in [0.4, 0.5) is 4.39 Å². The number of hydrogen-bond acceptors (Lipinski definition) is 1. The predicted octanol–water partition coefficient (Wildman–Crippen LogP) is 3.90. The molecule has 0 bridgehead atoms. The zero-order chi connectivity index (χ0) is 11.0. The minimum absolute atomic E-state index is 0.240. The normalized spacial score (nSPS) is 10.9. The average Bonchev–Trinajstić information content (AvgIpc) is 2.24. The van der Waals surface area contributed by atoms with Gasteiger partial charge in [0, 0.05) is 10.9 Å². The molecular weight excluding hydrogens is 213 g/mol. The van der Waals surface area contributed by atoms with E-state index in [0.29, 0.717) is 16.2 Å². The molecule has 1 aromatic carbocycles. The zero-order valence-corrected chi connectivity index (χ0v) is 9.40. The monoisotopic (exact) mass is 223 g/mol. The van der Waals surface area contributed by atoms with Crippen molar-refractivity contribution in [1.82, 2.24) is 4.98 Å².